The summed E-state index contributed by atoms with van der Waals surface area (Å²) >= 11 is 3.43. The lowest BCUT2D eigenvalue weighted by Crippen LogP contribution is -2.11. The van der Waals surface area contributed by atoms with E-state index in [-0.39, 0.29) is 17.9 Å². The molecule has 6 nitrogen and oxygen atoms in total. The van der Waals surface area contributed by atoms with Crippen molar-refractivity contribution in [1.29, 1.82) is 0 Å². The summed E-state index contributed by atoms with van der Waals surface area (Å²) in [6.45, 7) is 1.98. The number of carbonyl (C=O) groups excluding carboxylic acids is 1. The van der Waals surface area contributed by atoms with Crippen molar-refractivity contribution in [2.24, 2.45) is 7.05 Å². The summed E-state index contributed by atoms with van der Waals surface area (Å²) in [5.74, 6) is -0.0563. The molecule has 1 aromatic heterocycles. The number of nitrogen functional groups attached to an aromatic ring is 1. The first kappa shape index (κ1) is 15.4. The van der Waals surface area contributed by atoms with Gasteiger partial charge in [0.15, 0.2) is 0 Å². The SMILES string of the molecule is COc1cccc(C(=O)OCc2c(Br)c(C)nn2C)c1N. The molecule has 112 valence electrons. The van der Waals surface area contributed by atoms with E-state index in [1.54, 1.807) is 29.9 Å². The Hall–Kier alpha value is -2.02. The first-order chi connectivity index (χ1) is 9.95. The number of aryl methyl sites for hydroxylation is 2. The van der Waals surface area contributed by atoms with Crippen LogP contribution in [0.2, 0.25) is 0 Å². The molecule has 0 fully saturated rings. The second-order valence-electron chi connectivity index (χ2n) is 4.47. The maximum atomic E-state index is 12.1. The van der Waals surface area contributed by atoms with Crippen LogP contribution in [0.5, 0.6) is 5.75 Å². The summed E-state index contributed by atoms with van der Waals surface area (Å²) in [4.78, 5) is 12.1. The molecule has 2 rings (SSSR count). The van der Waals surface area contributed by atoms with Gasteiger partial charge < -0.3 is 15.2 Å². The summed E-state index contributed by atoms with van der Waals surface area (Å²) in [5.41, 5.74) is 8.04. The highest BCUT2D eigenvalue weighted by molar-refractivity contribution is 9.10. The number of carbonyl (C=O) groups is 1. The maximum absolute atomic E-state index is 12.1. The number of nitrogens with two attached hydrogens (primary N) is 1. The van der Waals surface area contributed by atoms with Crippen LogP contribution in [0.3, 0.4) is 0 Å². The molecule has 0 spiro atoms. The van der Waals surface area contributed by atoms with E-state index in [0.29, 0.717) is 5.75 Å². The Kier molecular flexibility index (Phi) is 4.52. The van der Waals surface area contributed by atoms with Crippen molar-refractivity contribution in [3.05, 3.63) is 39.6 Å². The van der Waals surface area contributed by atoms with Crippen LogP contribution in [0.25, 0.3) is 0 Å². The zero-order valence-corrected chi connectivity index (χ0v) is 13.6. The molecule has 0 saturated heterocycles. The number of aromatic nitrogens is 2. The summed E-state index contributed by atoms with van der Waals surface area (Å²) in [7, 11) is 3.29. The highest BCUT2D eigenvalue weighted by atomic mass is 79.9. The summed E-state index contributed by atoms with van der Waals surface area (Å²) in [5, 5.41) is 4.24. The molecule has 1 heterocycles. The number of hydrogen-bond acceptors (Lipinski definition) is 5. The highest BCUT2D eigenvalue weighted by Crippen LogP contribution is 2.26. The third-order valence-corrected chi connectivity index (χ3v) is 4.14. The van der Waals surface area contributed by atoms with E-state index in [1.165, 1.54) is 7.11 Å². The van der Waals surface area contributed by atoms with Crippen LogP contribution in [0.1, 0.15) is 21.7 Å². The number of methoxy groups -OCH3 is 1. The number of anilines is 1. The minimum Gasteiger partial charge on any atom is -0.495 e. The Balaban J connectivity index is 2.16. The lowest BCUT2D eigenvalue weighted by Gasteiger charge is -2.10. The fourth-order valence-electron chi connectivity index (χ4n) is 1.95. The van der Waals surface area contributed by atoms with Gasteiger partial charge in [-0.25, -0.2) is 4.79 Å². The molecule has 0 aliphatic rings. The molecule has 2 aromatic rings. The van der Waals surface area contributed by atoms with Crippen molar-refractivity contribution in [1.82, 2.24) is 9.78 Å². The van der Waals surface area contributed by atoms with Crippen LogP contribution in [0.15, 0.2) is 22.7 Å². The first-order valence-corrected chi connectivity index (χ1v) is 7.02. The number of para-hydroxylation sites is 1. The van der Waals surface area contributed by atoms with E-state index < -0.39 is 5.97 Å². The van der Waals surface area contributed by atoms with Crippen LogP contribution >= 0.6 is 15.9 Å². The topological polar surface area (TPSA) is 79.4 Å². The second-order valence-corrected chi connectivity index (χ2v) is 5.26. The van der Waals surface area contributed by atoms with Crippen molar-refractivity contribution in [3.8, 4) is 5.75 Å². The van der Waals surface area contributed by atoms with Gasteiger partial charge in [-0.2, -0.15) is 5.10 Å². The number of hydrogen-bond donors (Lipinski definition) is 1. The van der Waals surface area contributed by atoms with Gasteiger partial charge in [-0.3, -0.25) is 4.68 Å². The Morgan fingerprint density at radius 3 is 2.76 bits per heavy atom. The highest BCUT2D eigenvalue weighted by Gasteiger charge is 2.17. The molecular formula is C14H16BrN3O3. The molecule has 0 atom stereocenters. The van der Waals surface area contributed by atoms with Crippen LogP contribution < -0.4 is 10.5 Å². The lowest BCUT2D eigenvalue weighted by molar-refractivity contribution is 0.0463. The summed E-state index contributed by atoms with van der Waals surface area (Å²) in [6.07, 6.45) is 0. The van der Waals surface area contributed by atoms with E-state index in [2.05, 4.69) is 21.0 Å². The van der Waals surface area contributed by atoms with Crippen molar-refractivity contribution in [2.75, 3.05) is 12.8 Å². The molecule has 0 bridgehead atoms. The number of nitrogens with zero attached hydrogens (tertiary/aromatic N) is 2. The van der Waals surface area contributed by atoms with Gasteiger partial charge in [0.1, 0.15) is 12.4 Å². The van der Waals surface area contributed by atoms with E-state index in [0.717, 1.165) is 15.9 Å². The van der Waals surface area contributed by atoms with Crippen molar-refractivity contribution >= 4 is 27.6 Å². The molecule has 0 radical (unpaired) electrons. The molecule has 7 heteroatoms. The van der Waals surface area contributed by atoms with E-state index in [4.69, 9.17) is 15.2 Å². The van der Waals surface area contributed by atoms with Crippen molar-refractivity contribution in [2.45, 2.75) is 13.5 Å². The summed E-state index contributed by atoms with van der Waals surface area (Å²) in [6, 6.07) is 4.98. The molecule has 0 saturated carbocycles. The average molecular weight is 354 g/mol. The summed E-state index contributed by atoms with van der Waals surface area (Å²) < 4.78 is 12.9. The second kappa shape index (κ2) is 6.17. The molecule has 1 aromatic carbocycles. The molecule has 0 unspecified atom stereocenters. The van der Waals surface area contributed by atoms with Crippen LogP contribution in [0.4, 0.5) is 5.69 Å². The predicted molar refractivity (Wildman–Crippen MR) is 82.2 cm³/mol. The minimum atomic E-state index is -0.503. The van der Waals surface area contributed by atoms with Crippen LogP contribution in [-0.2, 0) is 18.4 Å². The fraction of sp³-hybridized carbons (Fsp3) is 0.286. The van der Waals surface area contributed by atoms with Gasteiger partial charge in [0, 0.05) is 7.05 Å². The molecule has 0 amide bonds. The van der Waals surface area contributed by atoms with Gasteiger partial charge in [-0.05, 0) is 35.0 Å². The standard InChI is InChI=1S/C14H16BrN3O3/c1-8-12(15)10(18(2)17-8)7-21-14(19)9-5-4-6-11(20-3)13(9)16/h4-6H,7,16H2,1-3H3. The van der Waals surface area contributed by atoms with Gasteiger partial charge in [0.2, 0.25) is 0 Å². The van der Waals surface area contributed by atoms with Gasteiger partial charge in [-0.1, -0.05) is 6.07 Å². The number of ether oxygens (including phenoxy) is 2. The fourth-order valence-corrected chi connectivity index (χ4v) is 2.40. The molecular weight excluding hydrogens is 338 g/mol. The number of halogens is 1. The molecule has 0 aliphatic carbocycles. The van der Waals surface area contributed by atoms with Crippen molar-refractivity contribution in [3.63, 3.8) is 0 Å². The quantitative estimate of drug-likeness (QED) is 0.674. The Labute approximate surface area is 131 Å². The lowest BCUT2D eigenvalue weighted by atomic mass is 10.1. The number of rotatable bonds is 4. The van der Waals surface area contributed by atoms with Gasteiger partial charge >= 0.3 is 5.97 Å². The zero-order chi connectivity index (χ0) is 15.6. The van der Waals surface area contributed by atoms with Gasteiger partial charge in [-0.15, -0.1) is 0 Å². The van der Waals surface area contributed by atoms with E-state index >= 15 is 0 Å². The molecule has 0 aliphatic heterocycles. The first-order valence-electron chi connectivity index (χ1n) is 6.23. The maximum Gasteiger partial charge on any atom is 0.340 e. The van der Waals surface area contributed by atoms with E-state index in [9.17, 15) is 4.79 Å². The largest absolute Gasteiger partial charge is 0.495 e. The molecule has 2 N–H and O–H groups in total. The Bertz CT molecular complexity index is 682. The predicted octanol–water partition coefficient (Wildman–Crippen LogP) is 2.44. The number of benzene rings is 1. The Morgan fingerprint density at radius 1 is 1.48 bits per heavy atom. The van der Waals surface area contributed by atoms with Crippen LogP contribution in [0, 0.1) is 6.92 Å². The van der Waals surface area contributed by atoms with Crippen molar-refractivity contribution < 1.29 is 14.3 Å². The smallest absolute Gasteiger partial charge is 0.340 e. The molecule has 21 heavy (non-hydrogen) atoms. The minimum absolute atomic E-state index is 0.105. The normalized spacial score (nSPS) is 10.5. The third kappa shape index (κ3) is 3.02. The van der Waals surface area contributed by atoms with Gasteiger partial charge in [0.25, 0.3) is 0 Å². The van der Waals surface area contributed by atoms with Gasteiger partial charge in [0.05, 0.1) is 34.2 Å². The van der Waals surface area contributed by atoms with Crippen LogP contribution in [-0.4, -0.2) is 22.9 Å². The Morgan fingerprint density at radius 2 is 2.19 bits per heavy atom. The third-order valence-electron chi connectivity index (χ3n) is 3.11. The number of esters is 1. The zero-order valence-electron chi connectivity index (χ0n) is 12.0. The monoisotopic (exact) mass is 353 g/mol. The average Bonchev–Trinajstić information content (AvgIpc) is 2.70. The van der Waals surface area contributed by atoms with E-state index in [1.807, 2.05) is 6.92 Å².